The highest BCUT2D eigenvalue weighted by atomic mass is 16.5. The van der Waals surface area contributed by atoms with E-state index < -0.39 is 12.2 Å². The number of carbonyl (C=O) groups is 1. The Morgan fingerprint density at radius 3 is 2.29 bits per heavy atom. The third kappa shape index (κ3) is 3.42. The zero-order valence-electron chi connectivity index (χ0n) is 13.6. The van der Waals surface area contributed by atoms with Crippen molar-refractivity contribution in [3.8, 4) is 11.1 Å². The second kappa shape index (κ2) is 7.47. The minimum absolute atomic E-state index is 0.0343. The fraction of sp³-hybridized carbons (Fsp3) is 0.316. The molecule has 0 saturated heterocycles. The van der Waals surface area contributed by atoms with Crippen molar-refractivity contribution in [1.82, 2.24) is 5.32 Å². The first-order chi connectivity index (χ1) is 11.7. The van der Waals surface area contributed by atoms with Gasteiger partial charge in [-0.05, 0) is 22.3 Å². The second-order valence-corrected chi connectivity index (χ2v) is 5.82. The summed E-state index contributed by atoms with van der Waals surface area (Å²) >= 11 is 0. The number of hydrogen-bond acceptors (Lipinski definition) is 4. The Hall–Kier alpha value is -2.37. The van der Waals surface area contributed by atoms with E-state index in [-0.39, 0.29) is 25.7 Å². The number of alkyl carbamates (subject to hydrolysis) is 1. The zero-order valence-corrected chi connectivity index (χ0v) is 13.6. The Labute approximate surface area is 141 Å². The van der Waals surface area contributed by atoms with Crippen molar-refractivity contribution < 1.29 is 19.4 Å². The van der Waals surface area contributed by atoms with Gasteiger partial charge in [-0.1, -0.05) is 48.5 Å². The van der Waals surface area contributed by atoms with Crippen molar-refractivity contribution in [2.24, 2.45) is 0 Å². The molecule has 2 aromatic rings. The summed E-state index contributed by atoms with van der Waals surface area (Å²) in [5.74, 6) is 0.0343. The number of ether oxygens (including phenoxy) is 2. The molecule has 1 atom stereocenters. The molecule has 1 aliphatic carbocycles. The molecule has 0 heterocycles. The maximum absolute atomic E-state index is 11.8. The van der Waals surface area contributed by atoms with E-state index in [1.54, 1.807) is 0 Å². The van der Waals surface area contributed by atoms with Crippen molar-refractivity contribution in [3.05, 3.63) is 59.7 Å². The molecule has 0 aromatic heterocycles. The van der Waals surface area contributed by atoms with E-state index in [1.165, 1.54) is 29.4 Å². The van der Waals surface area contributed by atoms with Gasteiger partial charge in [-0.2, -0.15) is 0 Å². The number of aliphatic hydroxyl groups is 1. The summed E-state index contributed by atoms with van der Waals surface area (Å²) in [4.78, 5) is 11.8. The molecule has 1 amide bonds. The predicted octanol–water partition coefficient (Wildman–Crippen LogP) is 2.53. The number of amides is 1. The van der Waals surface area contributed by atoms with Crippen LogP contribution in [0.25, 0.3) is 11.1 Å². The number of benzene rings is 2. The number of methoxy groups -OCH3 is 1. The normalized spacial score (nSPS) is 13.9. The smallest absolute Gasteiger partial charge is 0.407 e. The van der Waals surface area contributed by atoms with E-state index >= 15 is 0 Å². The zero-order chi connectivity index (χ0) is 16.9. The molecule has 5 heteroatoms. The maximum Gasteiger partial charge on any atom is 0.407 e. The van der Waals surface area contributed by atoms with Crippen LogP contribution in [0.3, 0.4) is 0 Å². The van der Waals surface area contributed by atoms with Crippen molar-refractivity contribution in [3.63, 3.8) is 0 Å². The SMILES string of the molecule is COCC(O)CNC(=O)OCC1c2ccccc2-c2ccccc21. The first kappa shape index (κ1) is 16.5. The number of rotatable bonds is 6. The minimum Gasteiger partial charge on any atom is -0.449 e. The molecule has 0 radical (unpaired) electrons. The average molecular weight is 327 g/mol. The van der Waals surface area contributed by atoms with Crippen LogP contribution >= 0.6 is 0 Å². The Morgan fingerprint density at radius 2 is 1.71 bits per heavy atom. The molecule has 5 nitrogen and oxygen atoms in total. The van der Waals surface area contributed by atoms with Crippen molar-refractivity contribution >= 4 is 6.09 Å². The van der Waals surface area contributed by atoms with E-state index in [4.69, 9.17) is 9.47 Å². The molecule has 0 spiro atoms. The third-order valence-corrected chi connectivity index (χ3v) is 4.18. The fourth-order valence-corrected chi connectivity index (χ4v) is 3.10. The van der Waals surface area contributed by atoms with Gasteiger partial charge in [0.25, 0.3) is 0 Å². The number of nitrogens with one attached hydrogen (secondary N) is 1. The van der Waals surface area contributed by atoms with Crippen LogP contribution in [0.5, 0.6) is 0 Å². The standard InChI is InChI=1S/C19H21NO4/c1-23-11-13(21)10-20-19(22)24-12-18-16-8-4-2-6-14(16)15-7-3-5-9-17(15)18/h2-9,13,18,21H,10-12H2,1H3,(H,20,22). The van der Waals surface area contributed by atoms with E-state index in [2.05, 4.69) is 29.6 Å². The second-order valence-electron chi connectivity index (χ2n) is 5.82. The van der Waals surface area contributed by atoms with Crippen LogP contribution in [0.4, 0.5) is 4.79 Å². The predicted molar refractivity (Wildman–Crippen MR) is 91.0 cm³/mol. The van der Waals surface area contributed by atoms with Crippen LogP contribution in [-0.4, -0.2) is 44.2 Å². The molecule has 1 aliphatic rings. The lowest BCUT2D eigenvalue weighted by atomic mass is 9.98. The Morgan fingerprint density at radius 1 is 1.12 bits per heavy atom. The van der Waals surface area contributed by atoms with Crippen molar-refractivity contribution in [2.75, 3.05) is 26.9 Å². The van der Waals surface area contributed by atoms with Crippen LogP contribution < -0.4 is 5.32 Å². The molecule has 0 fully saturated rings. The Bertz CT molecular complexity index is 671. The highest BCUT2D eigenvalue weighted by Gasteiger charge is 2.28. The lowest BCUT2D eigenvalue weighted by molar-refractivity contribution is 0.0621. The van der Waals surface area contributed by atoms with Crippen LogP contribution in [0.2, 0.25) is 0 Å². The highest BCUT2D eigenvalue weighted by molar-refractivity contribution is 5.79. The van der Waals surface area contributed by atoms with Gasteiger partial charge in [-0.3, -0.25) is 0 Å². The number of aliphatic hydroxyl groups excluding tert-OH is 1. The molecule has 0 aliphatic heterocycles. The molecule has 0 bridgehead atoms. The lowest BCUT2D eigenvalue weighted by Crippen LogP contribution is -2.35. The van der Waals surface area contributed by atoms with E-state index in [1.807, 2.05) is 24.3 Å². The minimum atomic E-state index is -0.740. The van der Waals surface area contributed by atoms with Gasteiger partial charge in [0.2, 0.25) is 0 Å². The van der Waals surface area contributed by atoms with E-state index in [0.717, 1.165) is 0 Å². The molecule has 1 unspecified atom stereocenters. The van der Waals surface area contributed by atoms with Crippen LogP contribution in [0.15, 0.2) is 48.5 Å². The van der Waals surface area contributed by atoms with Gasteiger partial charge < -0.3 is 19.9 Å². The first-order valence-corrected chi connectivity index (χ1v) is 7.96. The lowest BCUT2D eigenvalue weighted by Gasteiger charge is -2.15. The number of fused-ring (bicyclic) bond motifs is 3. The Balaban J connectivity index is 1.64. The van der Waals surface area contributed by atoms with Gasteiger partial charge in [-0.25, -0.2) is 4.79 Å². The van der Waals surface area contributed by atoms with Gasteiger partial charge in [0.05, 0.1) is 12.7 Å². The van der Waals surface area contributed by atoms with Crippen LogP contribution in [0.1, 0.15) is 17.0 Å². The summed E-state index contributed by atoms with van der Waals surface area (Å²) in [5.41, 5.74) is 4.73. The average Bonchev–Trinajstić information content (AvgIpc) is 2.92. The summed E-state index contributed by atoms with van der Waals surface area (Å²) in [6, 6.07) is 16.4. The fourth-order valence-electron chi connectivity index (χ4n) is 3.10. The van der Waals surface area contributed by atoms with Gasteiger partial charge in [0.15, 0.2) is 0 Å². The highest BCUT2D eigenvalue weighted by Crippen LogP contribution is 2.44. The molecule has 2 aromatic carbocycles. The topological polar surface area (TPSA) is 67.8 Å². The first-order valence-electron chi connectivity index (χ1n) is 7.96. The molecule has 3 rings (SSSR count). The summed E-state index contributed by atoms with van der Waals surface area (Å²) in [7, 11) is 1.50. The molecular formula is C19H21NO4. The van der Waals surface area contributed by atoms with Crippen molar-refractivity contribution in [2.45, 2.75) is 12.0 Å². The van der Waals surface area contributed by atoms with Gasteiger partial charge in [0, 0.05) is 19.6 Å². The molecule has 24 heavy (non-hydrogen) atoms. The maximum atomic E-state index is 11.8. The van der Waals surface area contributed by atoms with Crippen LogP contribution in [-0.2, 0) is 9.47 Å². The molecular weight excluding hydrogens is 306 g/mol. The monoisotopic (exact) mass is 327 g/mol. The van der Waals surface area contributed by atoms with E-state index in [0.29, 0.717) is 0 Å². The summed E-state index contributed by atoms with van der Waals surface area (Å²) in [6.07, 6.45) is -1.28. The summed E-state index contributed by atoms with van der Waals surface area (Å²) in [6.45, 7) is 0.536. The van der Waals surface area contributed by atoms with Gasteiger partial charge >= 0.3 is 6.09 Å². The number of hydrogen-bond donors (Lipinski definition) is 2. The largest absolute Gasteiger partial charge is 0.449 e. The third-order valence-electron chi connectivity index (χ3n) is 4.18. The molecule has 126 valence electrons. The number of carbonyl (C=O) groups excluding carboxylic acids is 1. The summed E-state index contributed by atoms with van der Waals surface area (Å²) in [5, 5.41) is 12.1. The summed E-state index contributed by atoms with van der Waals surface area (Å²) < 4.78 is 10.2. The molecule has 2 N–H and O–H groups in total. The van der Waals surface area contributed by atoms with E-state index in [9.17, 15) is 9.90 Å². The quantitative estimate of drug-likeness (QED) is 0.855. The van der Waals surface area contributed by atoms with Gasteiger partial charge in [0.1, 0.15) is 6.61 Å². The van der Waals surface area contributed by atoms with Crippen molar-refractivity contribution in [1.29, 1.82) is 0 Å². The molecule has 0 saturated carbocycles. The van der Waals surface area contributed by atoms with Crippen LogP contribution in [0, 0.1) is 0 Å². The van der Waals surface area contributed by atoms with Gasteiger partial charge in [-0.15, -0.1) is 0 Å². The Kier molecular flexibility index (Phi) is 5.13.